The SMILES string of the molecule is CN1C(C)(C)CC(OC(=O)CCCCCCCCC(=O)OC2CC(C)(C)N(C)C(C)(C)C2)CC1(C)C.COC(=O)CCCCCCCCC(=O)OC1CC(C)(C)N(C)C(C)(C)C1.COCN1C(C)(C)CC(O)CC1(C)C. The van der Waals surface area contributed by atoms with E-state index in [9.17, 15) is 24.3 Å². The minimum atomic E-state index is -0.187. The predicted molar refractivity (Wildman–Crippen MR) is 308 cm³/mol. The van der Waals surface area contributed by atoms with Crippen LogP contribution in [0.25, 0.3) is 0 Å². The number of likely N-dealkylation sites (tertiary alicyclic amines) is 4. The molecule has 0 aromatic heterocycles. The van der Waals surface area contributed by atoms with E-state index in [4.69, 9.17) is 18.9 Å². The van der Waals surface area contributed by atoms with E-state index in [-0.39, 0.29) is 92.6 Å². The van der Waals surface area contributed by atoms with Gasteiger partial charge in [0.2, 0.25) is 0 Å². The summed E-state index contributed by atoms with van der Waals surface area (Å²) in [7, 11) is 9.63. The van der Waals surface area contributed by atoms with Crippen LogP contribution in [0.5, 0.6) is 0 Å². The Bertz CT molecular complexity index is 1640. The molecule has 14 heteroatoms. The summed E-state index contributed by atoms with van der Waals surface area (Å²) in [5, 5.41) is 9.80. The molecule has 4 saturated heterocycles. The van der Waals surface area contributed by atoms with Crippen LogP contribution < -0.4 is 0 Å². The fourth-order valence-corrected chi connectivity index (χ4v) is 13.2. The van der Waals surface area contributed by atoms with Crippen LogP contribution in [0.15, 0.2) is 0 Å². The lowest BCUT2D eigenvalue weighted by molar-refractivity contribution is -0.160. The second-order valence-electron chi connectivity index (χ2n) is 28.5. The van der Waals surface area contributed by atoms with Crippen molar-refractivity contribution in [3.63, 3.8) is 0 Å². The van der Waals surface area contributed by atoms with Crippen molar-refractivity contribution >= 4 is 23.9 Å². The third-order valence-corrected chi connectivity index (χ3v) is 18.1. The van der Waals surface area contributed by atoms with Crippen molar-refractivity contribution in [3.05, 3.63) is 0 Å². The maximum atomic E-state index is 12.4. The van der Waals surface area contributed by atoms with Gasteiger partial charge in [0.1, 0.15) is 18.3 Å². The van der Waals surface area contributed by atoms with E-state index < -0.39 is 0 Å². The lowest BCUT2D eigenvalue weighted by Crippen LogP contribution is -2.62. The molecule has 0 radical (unpaired) electrons. The van der Waals surface area contributed by atoms with Gasteiger partial charge in [-0.1, -0.05) is 51.4 Å². The number of methoxy groups -OCH3 is 2. The first-order valence-electron chi connectivity index (χ1n) is 29.7. The highest BCUT2D eigenvalue weighted by Crippen LogP contribution is 2.41. The Morgan fingerprint density at radius 3 is 0.816 bits per heavy atom. The first-order chi connectivity index (χ1) is 34.8. The number of ether oxygens (including phenoxy) is 5. The maximum absolute atomic E-state index is 12.4. The quantitative estimate of drug-likeness (QED) is 0.0588. The standard InChI is InChI=1S/C30H56N2O4.C21H39NO4.C11H23NO2/c1-27(2)19-23(20-28(3,4)31(27)9)35-25(33)17-15-13-11-12-14-16-18-26(34)36-24-21-29(5,6)32(10)30(7,8)22-24;1-20(2)15-17(16-21(3,4)22(20)5)26-19(24)14-12-10-8-7-9-11-13-18(23)25-6;1-10(2)6-9(13)7-11(3,4)12(10)8-14-5/h23-24H,11-22H2,1-10H3;17H,7-16H2,1-6H3;9,13H,6-8H2,1-5H3. The van der Waals surface area contributed by atoms with Crippen LogP contribution in [-0.4, -0.2) is 159 Å². The highest BCUT2D eigenvalue weighted by Gasteiger charge is 2.48. The molecule has 0 bridgehead atoms. The van der Waals surface area contributed by atoms with Crippen LogP contribution in [0.3, 0.4) is 0 Å². The number of hydrogen-bond donors (Lipinski definition) is 1. The van der Waals surface area contributed by atoms with Crippen LogP contribution in [-0.2, 0) is 42.9 Å². The molecule has 0 atom stereocenters. The number of unbranched alkanes of at least 4 members (excludes halogenated alkanes) is 10. The number of piperidine rings is 4. The average molecular weight is 1080 g/mol. The molecule has 4 aliphatic heterocycles. The Hall–Kier alpha value is -2.36. The van der Waals surface area contributed by atoms with Gasteiger partial charge < -0.3 is 28.8 Å². The summed E-state index contributed by atoms with van der Waals surface area (Å²) >= 11 is 0. The second-order valence-corrected chi connectivity index (χ2v) is 28.5. The molecule has 4 aliphatic rings. The Balaban J connectivity index is 0.000000429. The zero-order valence-electron chi connectivity index (χ0n) is 52.9. The first kappa shape index (κ1) is 69.7. The summed E-state index contributed by atoms with van der Waals surface area (Å²) in [6.07, 6.45) is 20.9. The van der Waals surface area contributed by atoms with E-state index in [1.807, 2.05) is 0 Å². The monoisotopic (exact) mass is 1080 g/mol. The molecule has 4 heterocycles. The van der Waals surface area contributed by atoms with E-state index in [1.165, 1.54) is 7.11 Å². The minimum absolute atomic E-state index is 0.00474. The zero-order valence-corrected chi connectivity index (χ0v) is 52.9. The highest BCUT2D eigenvalue weighted by molar-refractivity contribution is 5.70. The van der Waals surface area contributed by atoms with Crippen molar-refractivity contribution in [2.24, 2.45) is 0 Å². The number of carbonyl (C=O) groups is 4. The second kappa shape index (κ2) is 29.9. The van der Waals surface area contributed by atoms with E-state index in [0.29, 0.717) is 32.4 Å². The van der Waals surface area contributed by atoms with Gasteiger partial charge in [-0.3, -0.25) is 38.8 Å². The largest absolute Gasteiger partial charge is 0.469 e. The van der Waals surface area contributed by atoms with Gasteiger partial charge in [-0.2, -0.15) is 0 Å². The molecule has 0 saturated carbocycles. The molecule has 0 aromatic rings. The Kier molecular flexibility index (Phi) is 27.5. The summed E-state index contributed by atoms with van der Waals surface area (Å²) < 4.78 is 27.3. The number of aliphatic hydroxyl groups excluding tert-OH is 1. The number of carbonyl (C=O) groups excluding carboxylic acids is 4. The van der Waals surface area contributed by atoms with Crippen LogP contribution >= 0.6 is 0 Å². The molecule has 4 rings (SSSR count). The molecule has 0 aliphatic carbocycles. The summed E-state index contributed by atoms with van der Waals surface area (Å²) in [4.78, 5) is 57.5. The van der Waals surface area contributed by atoms with Crippen LogP contribution in [0.1, 0.15) is 265 Å². The van der Waals surface area contributed by atoms with Crippen LogP contribution in [0.4, 0.5) is 0 Å². The molecule has 4 fully saturated rings. The van der Waals surface area contributed by atoms with Crippen molar-refractivity contribution in [2.75, 3.05) is 42.1 Å². The highest BCUT2D eigenvalue weighted by atomic mass is 16.6. The third-order valence-electron chi connectivity index (χ3n) is 18.1. The average Bonchev–Trinajstić information content (AvgIpc) is 3.26. The number of aliphatic hydroxyl groups is 1. The summed E-state index contributed by atoms with van der Waals surface area (Å²) in [5.41, 5.74) is 0.208. The molecule has 76 heavy (non-hydrogen) atoms. The molecular weight excluding hydrogens is 961 g/mol. The van der Waals surface area contributed by atoms with Crippen molar-refractivity contribution in [2.45, 2.75) is 334 Å². The van der Waals surface area contributed by atoms with E-state index in [0.717, 1.165) is 128 Å². The fraction of sp³-hybridized carbons (Fsp3) is 0.935. The molecule has 14 nitrogen and oxygen atoms in total. The molecule has 0 unspecified atom stereocenters. The minimum Gasteiger partial charge on any atom is -0.469 e. The van der Waals surface area contributed by atoms with Crippen molar-refractivity contribution < 1.29 is 48.0 Å². The summed E-state index contributed by atoms with van der Waals surface area (Å²) in [6.45, 7) is 36.0. The summed E-state index contributed by atoms with van der Waals surface area (Å²) in [6, 6.07) is 0. The van der Waals surface area contributed by atoms with E-state index in [1.54, 1.807) is 7.11 Å². The maximum Gasteiger partial charge on any atom is 0.306 e. The lowest BCUT2D eigenvalue weighted by atomic mass is 9.78. The van der Waals surface area contributed by atoms with Gasteiger partial charge in [0, 0.05) is 116 Å². The Morgan fingerprint density at radius 2 is 0.592 bits per heavy atom. The Morgan fingerprint density at radius 1 is 0.368 bits per heavy atom. The smallest absolute Gasteiger partial charge is 0.306 e. The van der Waals surface area contributed by atoms with Gasteiger partial charge in [0.05, 0.1) is 19.9 Å². The molecule has 0 spiro atoms. The predicted octanol–water partition coefficient (Wildman–Crippen LogP) is 12.6. The van der Waals surface area contributed by atoms with Gasteiger partial charge >= 0.3 is 23.9 Å². The van der Waals surface area contributed by atoms with Gasteiger partial charge in [-0.15, -0.1) is 0 Å². The first-order valence-corrected chi connectivity index (χ1v) is 29.7. The number of rotatable bonds is 23. The third kappa shape index (κ3) is 23.0. The van der Waals surface area contributed by atoms with Gasteiger partial charge in [-0.05, 0) is 170 Å². The molecular formula is C62H118N4O10. The van der Waals surface area contributed by atoms with Gasteiger partial charge in [-0.25, -0.2) is 0 Å². The molecule has 0 aromatic carbocycles. The molecule has 0 amide bonds. The van der Waals surface area contributed by atoms with Crippen molar-refractivity contribution in [1.29, 1.82) is 0 Å². The molecule has 1 N–H and O–H groups in total. The van der Waals surface area contributed by atoms with Crippen molar-refractivity contribution in [3.8, 4) is 0 Å². The van der Waals surface area contributed by atoms with E-state index >= 15 is 0 Å². The topological polar surface area (TPSA) is 148 Å². The lowest BCUT2D eigenvalue weighted by Gasteiger charge is -2.53. The van der Waals surface area contributed by atoms with Crippen molar-refractivity contribution in [1.82, 2.24) is 19.6 Å². The number of hydrogen-bond acceptors (Lipinski definition) is 14. The van der Waals surface area contributed by atoms with Crippen LogP contribution in [0.2, 0.25) is 0 Å². The molecule has 446 valence electrons. The Labute approximate surface area is 465 Å². The zero-order chi connectivity index (χ0) is 58.1. The van der Waals surface area contributed by atoms with Crippen LogP contribution in [0, 0.1) is 0 Å². The number of nitrogens with zero attached hydrogens (tertiary/aromatic N) is 4. The summed E-state index contributed by atoms with van der Waals surface area (Å²) in [5.74, 6) is -0.303. The fourth-order valence-electron chi connectivity index (χ4n) is 13.2. The normalized spacial score (nSPS) is 23.5. The number of esters is 4. The van der Waals surface area contributed by atoms with E-state index in [2.05, 4.69) is 156 Å². The van der Waals surface area contributed by atoms with Gasteiger partial charge in [0.25, 0.3) is 0 Å². The van der Waals surface area contributed by atoms with Gasteiger partial charge in [0.15, 0.2) is 0 Å².